The molecule has 0 amide bonds. The SMILES string of the molecule is COCCNC(=NCC(C)(C)CN)Nc1cccc(F)c1. The van der Waals surface area contributed by atoms with E-state index < -0.39 is 0 Å². The maximum atomic E-state index is 13.2. The number of methoxy groups -OCH3 is 1. The van der Waals surface area contributed by atoms with Gasteiger partial charge in [0.15, 0.2) is 5.96 Å². The molecule has 0 radical (unpaired) electrons. The van der Waals surface area contributed by atoms with Crippen molar-refractivity contribution in [1.82, 2.24) is 5.32 Å². The number of rotatable bonds is 7. The minimum atomic E-state index is -0.293. The van der Waals surface area contributed by atoms with Crippen molar-refractivity contribution in [2.45, 2.75) is 13.8 Å². The summed E-state index contributed by atoms with van der Waals surface area (Å²) in [5, 5.41) is 6.21. The number of nitrogens with zero attached hydrogens (tertiary/aromatic N) is 1. The van der Waals surface area contributed by atoms with Crippen molar-refractivity contribution in [2.24, 2.45) is 16.1 Å². The Balaban J connectivity index is 2.74. The van der Waals surface area contributed by atoms with E-state index in [1.54, 1.807) is 19.2 Å². The maximum absolute atomic E-state index is 13.2. The summed E-state index contributed by atoms with van der Waals surface area (Å²) in [5.74, 6) is 0.290. The fourth-order valence-corrected chi connectivity index (χ4v) is 1.47. The van der Waals surface area contributed by atoms with Crippen LogP contribution in [0.2, 0.25) is 0 Å². The van der Waals surface area contributed by atoms with E-state index in [9.17, 15) is 4.39 Å². The molecule has 0 heterocycles. The summed E-state index contributed by atoms with van der Waals surface area (Å²) in [7, 11) is 1.63. The van der Waals surface area contributed by atoms with Gasteiger partial charge in [0.1, 0.15) is 5.82 Å². The van der Waals surface area contributed by atoms with Crippen molar-refractivity contribution in [3.05, 3.63) is 30.1 Å². The molecule has 5 nitrogen and oxygen atoms in total. The lowest BCUT2D eigenvalue weighted by molar-refractivity contribution is 0.204. The molecule has 0 unspecified atom stereocenters. The third kappa shape index (κ3) is 7.06. The Morgan fingerprint density at radius 2 is 2.19 bits per heavy atom. The van der Waals surface area contributed by atoms with Crippen LogP contribution in [0.5, 0.6) is 0 Å². The first-order valence-corrected chi connectivity index (χ1v) is 6.97. The summed E-state index contributed by atoms with van der Waals surface area (Å²) in [6.07, 6.45) is 0. The van der Waals surface area contributed by atoms with Gasteiger partial charge in [0.25, 0.3) is 0 Å². The minimum absolute atomic E-state index is 0.0855. The Kier molecular flexibility index (Phi) is 7.11. The van der Waals surface area contributed by atoms with Crippen LogP contribution in [0, 0.1) is 11.2 Å². The highest BCUT2D eigenvalue weighted by Crippen LogP contribution is 2.13. The quantitative estimate of drug-likeness (QED) is 0.408. The molecule has 0 atom stereocenters. The van der Waals surface area contributed by atoms with Gasteiger partial charge in [-0.1, -0.05) is 19.9 Å². The van der Waals surface area contributed by atoms with Gasteiger partial charge in [0.05, 0.1) is 6.61 Å². The molecule has 0 aliphatic carbocycles. The fraction of sp³-hybridized carbons (Fsp3) is 0.533. The highest BCUT2D eigenvalue weighted by atomic mass is 19.1. The Bertz CT molecular complexity index is 463. The first-order valence-electron chi connectivity index (χ1n) is 6.97. The highest BCUT2D eigenvalue weighted by molar-refractivity contribution is 5.93. The summed E-state index contributed by atoms with van der Waals surface area (Å²) >= 11 is 0. The van der Waals surface area contributed by atoms with Gasteiger partial charge < -0.3 is 21.1 Å². The molecule has 1 aromatic carbocycles. The van der Waals surface area contributed by atoms with Gasteiger partial charge in [-0.2, -0.15) is 0 Å². The van der Waals surface area contributed by atoms with Gasteiger partial charge in [-0.3, -0.25) is 4.99 Å². The number of ether oxygens (including phenoxy) is 1. The number of benzene rings is 1. The van der Waals surface area contributed by atoms with E-state index in [4.69, 9.17) is 10.5 Å². The lowest BCUT2D eigenvalue weighted by Crippen LogP contribution is -2.35. The molecule has 21 heavy (non-hydrogen) atoms. The Hall–Kier alpha value is -1.66. The molecule has 1 aromatic rings. The zero-order valence-corrected chi connectivity index (χ0v) is 12.9. The topological polar surface area (TPSA) is 71.7 Å². The Morgan fingerprint density at radius 1 is 1.43 bits per heavy atom. The van der Waals surface area contributed by atoms with Gasteiger partial charge in [0.2, 0.25) is 0 Å². The second kappa shape index (κ2) is 8.59. The van der Waals surface area contributed by atoms with E-state index >= 15 is 0 Å². The molecule has 6 heteroatoms. The lowest BCUT2D eigenvalue weighted by Gasteiger charge is -2.21. The predicted molar refractivity (Wildman–Crippen MR) is 85.0 cm³/mol. The van der Waals surface area contributed by atoms with Crippen LogP contribution in [0.25, 0.3) is 0 Å². The largest absolute Gasteiger partial charge is 0.383 e. The first-order chi connectivity index (χ1) is 9.96. The van der Waals surface area contributed by atoms with Crippen LogP contribution < -0.4 is 16.4 Å². The van der Waals surface area contributed by atoms with Crippen molar-refractivity contribution in [2.75, 3.05) is 38.7 Å². The molecule has 0 aliphatic heterocycles. The van der Waals surface area contributed by atoms with Gasteiger partial charge in [-0.15, -0.1) is 0 Å². The number of anilines is 1. The van der Waals surface area contributed by atoms with Crippen molar-refractivity contribution >= 4 is 11.6 Å². The van der Waals surface area contributed by atoms with Crippen molar-refractivity contribution in [3.8, 4) is 0 Å². The normalized spacial score (nSPS) is 12.3. The molecule has 0 bridgehead atoms. The third-order valence-corrected chi connectivity index (χ3v) is 2.90. The van der Waals surface area contributed by atoms with Crippen LogP contribution in [-0.4, -0.2) is 39.3 Å². The van der Waals surface area contributed by atoms with Crippen LogP contribution in [0.4, 0.5) is 10.1 Å². The fourth-order valence-electron chi connectivity index (χ4n) is 1.47. The van der Waals surface area contributed by atoms with E-state index in [0.29, 0.717) is 37.9 Å². The lowest BCUT2D eigenvalue weighted by atomic mass is 9.94. The summed E-state index contributed by atoms with van der Waals surface area (Å²) in [5.41, 5.74) is 6.26. The second-order valence-electron chi connectivity index (χ2n) is 5.59. The van der Waals surface area contributed by atoms with Crippen molar-refractivity contribution in [3.63, 3.8) is 0 Å². The summed E-state index contributed by atoms with van der Waals surface area (Å²) in [4.78, 5) is 4.50. The highest BCUT2D eigenvalue weighted by Gasteiger charge is 2.15. The molecule has 118 valence electrons. The molecule has 0 aliphatic rings. The Morgan fingerprint density at radius 3 is 2.81 bits per heavy atom. The molecule has 0 aromatic heterocycles. The molecule has 1 rings (SSSR count). The number of hydrogen-bond donors (Lipinski definition) is 3. The third-order valence-electron chi connectivity index (χ3n) is 2.90. The van der Waals surface area contributed by atoms with Crippen LogP contribution >= 0.6 is 0 Å². The van der Waals surface area contributed by atoms with Gasteiger partial charge in [0, 0.05) is 25.9 Å². The minimum Gasteiger partial charge on any atom is -0.383 e. The predicted octanol–water partition coefficient (Wildman–Crippen LogP) is 1.81. The second-order valence-corrected chi connectivity index (χ2v) is 5.59. The number of nitrogens with two attached hydrogens (primary N) is 1. The van der Waals surface area contributed by atoms with Gasteiger partial charge in [-0.25, -0.2) is 4.39 Å². The summed E-state index contributed by atoms with van der Waals surface area (Å²) in [6, 6.07) is 6.25. The molecular formula is C15H25FN4O. The van der Waals surface area contributed by atoms with Crippen LogP contribution in [0.15, 0.2) is 29.3 Å². The molecule has 0 saturated heterocycles. The number of aliphatic imine (C=N–C) groups is 1. The molecule has 0 spiro atoms. The standard InChI is InChI=1S/C15H25FN4O/c1-15(2,10-17)11-19-14(18-7-8-21-3)20-13-6-4-5-12(16)9-13/h4-6,9H,7-8,10-11,17H2,1-3H3,(H2,18,19,20). The number of hydrogen-bond acceptors (Lipinski definition) is 3. The molecule has 0 saturated carbocycles. The number of nitrogens with one attached hydrogen (secondary N) is 2. The summed E-state index contributed by atoms with van der Waals surface area (Å²) in [6.45, 7) is 6.38. The van der Waals surface area contributed by atoms with E-state index in [1.165, 1.54) is 12.1 Å². The van der Waals surface area contributed by atoms with E-state index in [2.05, 4.69) is 15.6 Å². The molecule has 0 fully saturated rings. The maximum Gasteiger partial charge on any atom is 0.195 e. The zero-order chi connectivity index (χ0) is 15.7. The Labute approximate surface area is 125 Å². The van der Waals surface area contributed by atoms with Gasteiger partial charge in [-0.05, 0) is 30.2 Å². The zero-order valence-electron chi connectivity index (χ0n) is 12.9. The van der Waals surface area contributed by atoms with Gasteiger partial charge >= 0.3 is 0 Å². The average Bonchev–Trinajstić information content (AvgIpc) is 2.45. The van der Waals surface area contributed by atoms with E-state index in [-0.39, 0.29) is 11.2 Å². The van der Waals surface area contributed by atoms with Crippen molar-refractivity contribution in [1.29, 1.82) is 0 Å². The smallest absolute Gasteiger partial charge is 0.195 e. The van der Waals surface area contributed by atoms with Crippen LogP contribution in [0.1, 0.15) is 13.8 Å². The summed E-state index contributed by atoms with van der Waals surface area (Å²) < 4.78 is 18.2. The van der Waals surface area contributed by atoms with Crippen LogP contribution in [-0.2, 0) is 4.74 Å². The molecular weight excluding hydrogens is 271 g/mol. The van der Waals surface area contributed by atoms with E-state index in [1.807, 2.05) is 13.8 Å². The van der Waals surface area contributed by atoms with E-state index in [0.717, 1.165) is 0 Å². The average molecular weight is 296 g/mol. The van der Waals surface area contributed by atoms with Crippen LogP contribution in [0.3, 0.4) is 0 Å². The first kappa shape index (κ1) is 17.4. The molecule has 4 N–H and O–H groups in total. The monoisotopic (exact) mass is 296 g/mol. The number of halogens is 1. The number of guanidine groups is 1. The van der Waals surface area contributed by atoms with Crippen molar-refractivity contribution < 1.29 is 9.13 Å².